The van der Waals surface area contributed by atoms with E-state index in [9.17, 15) is 18.8 Å². The van der Waals surface area contributed by atoms with Crippen LogP contribution in [0.5, 0.6) is 0 Å². The third kappa shape index (κ3) is 3.83. The van der Waals surface area contributed by atoms with Crippen LogP contribution in [-0.2, 0) is 19.4 Å². The molecule has 0 radical (unpaired) electrons. The molecule has 3 heterocycles. The van der Waals surface area contributed by atoms with Gasteiger partial charge in [-0.1, -0.05) is 19.9 Å². The number of fused-ring (bicyclic) bond motifs is 1. The van der Waals surface area contributed by atoms with E-state index >= 15 is 0 Å². The largest absolute Gasteiger partial charge is 0.382 e. The van der Waals surface area contributed by atoms with Crippen molar-refractivity contribution < 1.29 is 8.78 Å². The summed E-state index contributed by atoms with van der Waals surface area (Å²) in [5, 5.41) is 16.4. The first-order valence-corrected chi connectivity index (χ1v) is 9.74. The quantitative estimate of drug-likeness (QED) is 0.585. The maximum atomic E-state index is 13.3. The highest BCUT2D eigenvalue weighted by Crippen LogP contribution is 2.29. The Kier molecular flexibility index (Phi) is 6.30. The van der Waals surface area contributed by atoms with Crippen molar-refractivity contribution in [2.45, 2.75) is 46.1 Å². The van der Waals surface area contributed by atoms with Gasteiger partial charge in [-0.3, -0.25) is 4.79 Å². The van der Waals surface area contributed by atoms with E-state index in [0.717, 1.165) is 10.9 Å². The first-order chi connectivity index (χ1) is 14.4. The van der Waals surface area contributed by atoms with E-state index < -0.39 is 12.1 Å². The van der Waals surface area contributed by atoms with Gasteiger partial charge in [0.2, 0.25) is 0 Å². The number of hydrogen-bond acceptors (Lipinski definition) is 6. The van der Waals surface area contributed by atoms with Crippen LogP contribution in [0.2, 0.25) is 0 Å². The average molecular weight is 415 g/mol. The number of nitrogens with two attached hydrogens (primary N) is 1. The third-order valence-corrected chi connectivity index (χ3v) is 4.85. The number of nitrogen functional groups attached to an aromatic ring is 1. The summed E-state index contributed by atoms with van der Waals surface area (Å²) < 4.78 is 29.4. The number of nitrogens with one attached hydrogen (secondary N) is 1. The van der Waals surface area contributed by atoms with Gasteiger partial charge >= 0.3 is 0 Å². The Hall–Kier alpha value is -3.48. The zero-order valence-corrected chi connectivity index (χ0v) is 16.8. The van der Waals surface area contributed by atoms with E-state index in [-0.39, 0.29) is 34.0 Å². The first-order valence-electron chi connectivity index (χ1n) is 9.74. The Morgan fingerprint density at radius 1 is 1.37 bits per heavy atom. The lowest BCUT2D eigenvalue weighted by Crippen LogP contribution is -2.24. The Balaban J connectivity index is 1.92. The van der Waals surface area contributed by atoms with Crippen LogP contribution in [0, 0.1) is 11.3 Å². The third-order valence-electron chi connectivity index (χ3n) is 4.85. The highest BCUT2D eigenvalue weighted by Gasteiger charge is 2.24. The zero-order valence-electron chi connectivity index (χ0n) is 16.8. The van der Waals surface area contributed by atoms with Crippen molar-refractivity contribution in [1.82, 2.24) is 19.2 Å². The Morgan fingerprint density at radius 3 is 2.77 bits per heavy atom. The van der Waals surface area contributed by atoms with Gasteiger partial charge in [-0.15, -0.1) is 0 Å². The number of aryl methyl sites for hydroxylation is 2. The first kappa shape index (κ1) is 21.2. The average Bonchev–Trinajstić information content (AvgIpc) is 3.10. The predicted octanol–water partition coefficient (Wildman–Crippen LogP) is 2.91. The van der Waals surface area contributed by atoms with Crippen molar-refractivity contribution >= 4 is 17.3 Å². The van der Waals surface area contributed by atoms with E-state index in [1.807, 2.05) is 19.1 Å². The summed E-state index contributed by atoms with van der Waals surface area (Å²) in [7, 11) is 0. The molecule has 0 aliphatic rings. The molecule has 0 spiro atoms. The molecular weight excluding hydrogens is 392 g/mol. The fourth-order valence-electron chi connectivity index (χ4n) is 3.39. The minimum absolute atomic E-state index is 0.0184. The number of nitrogens with zero attached hydrogens (tertiary/aromatic N) is 5. The van der Waals surface area contributed by atoms with E-state index in [1.165, 1.54) is 0 Å². The lowest BCUT2D eigenvalue weighted by molar-refractivity contribution is 0.144. The molecule has 0 bridgehead atoms. The number of halogens is 2. The number of anilines is 2. The molecule has 0 aliphatic heterocycles. The van der Waals surface area contributed by atoms with Gasteiger partial charge in [0.25, 0.3) is 12.0 Å². The number of nitriles is 1. The molecule has 3 rings (SSSR count). The summed E-state index contributed by atoms with van der Waals surface area (Å²) in [5.41, 5.74) is 6.70. The Labute approximate surface area is 172 Å². The summed E-state index contributed by atoms with van der Waals surface area (Å²) in [6.45, 7) is 4.68. The number of hydrogen-bond donors (Lipinski definition) is 2. The van der Waals surface area contributed by atoms with Gasteiger partial charge in [0.15, 0.2) is 5.65 Å². The van der Waals surface area contributed by atoms with Crippen molar-refractivity contribution in [2.75, 3.05) is 17.6 Å². The van der Waals surface area contributed by atoms with Gasteiger partial charge in [-0.25, -0.2) is 13.8 Å². The molecule has 3 aromatic rings. The summed E-state index contributed by atoms with van der Waals surface area (Å²) in [4.78, 5) is 16.8. The van der Waals surface area contributed by atoms with Gasteiger partial charge in [-0.05, 0) is 25.3 Å². The van der Waals surface area contributed by atoms with Gasteiger partial charge in [-0.2, -0.15) is 14.9 Å². The molecule has 0 aromatic carbocycles. The van der Waals surface area contributed by atoms with Crippen LogP contribution < -0.4 is 16.6 Å². The standard InChI is InChI=1S/C20H23F2N7O/c1-3-9-28-10-5-6-12(20(28)30)7-8-25-18-14(11-23)17(24)29-19(26-18)13(4-2)15(27-29)16(21)22/h5-6,10,16H,3-4,7-9,24H2,1-2H3,(H,25,26). The number of pyridine rings is 1. The van der Waals surface area contributed by atoms with Crippen LogP contribution >= 0.6 is 0 Å². The molecule has 3 N–H and O–H groups in total. The number of aromatic nitrogens is 4. The summed E-state index contributed by atoms with van der Waals surface area (Å²) in [6, 6.07) is 5.53. The van der Waals surface area contributed by atoms with E-state index in [4.69, 9.17) is 5.73 Å². The normalized spacial score (nSPS) is 11.2. The van der Waals surface area contributed by atoms with Crippen molar-refractivity contribution in [2.24, 2.45) is 0 Å². The van der Waals surface area contributed by atoms with Crippen molar-refractivity contribution in [3.05, 3.63) is 51.1 Å². The van der Waals surface area contributed by atoms with Crippen LogP contribution in [0.1, 0.15) is 49.1 Å². The van der Waals surface area contributed by atoms with Gasteiger partial charge in [0.05, 0.1) is 0 Å². The van der Waals surface area contributed by atoms with E-state index in [1.54, 1.807) is 23.8 Å². The van der Waals surface area contributed by atoms with Crippen LogP contribution in [0.4, 0.5) is 20.4 Å². The second kappa shape index (κ2) is 8.90. The molecule has 0 saturated heterocycles. The lowest BCUT2D eigenvalue weighted by Gasteiger charge is -2.11. The SMILES string of the molecule is CCCn1cccc(CCNc2nc3c(CC)c(C(F)F)nn3c(N)c2C#N)c1=O. The van der Waals surface area contributed by atoms with Crippen molar-refractivity contribution in [1.29, 1.82) is 5.26 Å². The smallest absolute Gasteiger partial charge is 0.282 e. The van der Waals surface area contributed by atoms with Crippen LogP contribution in [0.15, 0.2) is 23.1 Å². The highest BCUT2D eigenvalue weighted by atomic mass is 19.3. The van der Waals surface area contributed by atoms with Crippen LogP contribution in [0.25, 0.3) is 5.65 Å². The minimum Gasteiger partial charge on any atom is -0.382 e. The van der Waals surface area contributed by atoms with Gasteiger partial charge in [0.1, 0.15) is 29.0 Å². The molecule has 30 heavy (non-hydrogen) atoms. The summed E-state index contributed by atoms with van der Waals surface area (Å²) >= 11 is 0. The van der Waals surface area contributed by atoms with Crippen LogP contribution in [-0.4, -0.2) is 25.7 Å². The van der Waals surface area contributed by atoms with Crippen molar-refractivity contribution in [3.63, 3.8) is 0 Å². The molecule has 0 saturated carbocycles. The molecular formula is C20H23F2N7O. The molecule has 8 nitrogen and oxygen atoms in total. The summed E-state index contributed by atoms with van der Waals surface area (Å²) in [6.07, 6.45) is 0.526. The molecule has 0 amide bonds. The topological polar surface area (TPSA) is 114 Å². The Bertz CT molecular complexity index is 1160. The lowest BCUT2D eigenvalue weighted by atomic mass is 10.2. The molecule has 10 heteroatoms. The fourth-order valence-corrected chi connectivity index (χ4v) is 3.39. The molecule has 158 valence electrons. The van der Waals surface area contributed by atoms with E-state index in [2.05, 4.69) is 15.4 Å². The molecule has 0 unspecified atom stereocenters. The zero-order chi connectivity index (χ0) is 21.8. The molecule has 0 aliphatic carbocycles. The van der Waals surface area contributed by atoms with Gasteiger partial charge in [0, 0.05) is 30.4 Å². The Morgan fingerprint density at radius 2 is 2.13 bits per heavy atom. The predicted molar refractivity (Wildman–Crippen MR) is 110 cm³/mol. The second-order valence-electron chi connectivity index (χ2n) is 6.79. The molecule has 3 aromatic heterocycles. The molecule has 0 atom stereocenters. The maximum absolute atomic E-state index is 13.3. The summed E-state index contributed by atoms with van der Waals surface area (Å²) in [5.74, 6) is 0.124. The molecule has 0 fully saturated rings. The van der Waals surface area contributed by atoms with Crippen molar-refractivity contribution in [3.8, 4) is 6.07 Å². The minimum atomic E-state index is -2.77. The van der Waals surface area contributed by atoms with Crippen LogP contribution in [0.3, 0.4) is 0 Å². The van der Waals surface area contributed by atoms with E-state index in [0.29, 0.717) is 31.5 Å². The fraction of sp³-hybridized carbons (Fsp3) is 0.400. The highest BCUT2D eigenvalue weighted by molar-refractivity contribution is 5.69. The monoisotopic (exact) mass is 415 g/mol. The second-order valence-corrected chi connectivity index (χ2v) is 6.79. The van der Waals surface area contributed by atoms with Gasteiger partial charge < -0.3 is 15.6 Å². The maximum Gasteiger partial charge on any atom is 0.282 e. The number of rotatable bonds is 8. The number of alkyl halides is 2.